The molecule has 1 aromatic rings. The minimum absolute atomic E-state index is 0.150. The highest BCUT2D eigenvalue weighted by Gasteiger charge is 2.10. The van der Waals surface area contributed by atoms with Gasteiger partial charge in [-0.3, -0.25) is 4.79 Å². The minimum atomic E-state index is -0.150. The molecule has 1 N–H and O–H groups in total. The van der Waals surface area contributed by atoms with Gasteiger partial charge in [-0.05, 0) is 24.6 Å². The van der Waals surface area contributed by atoms with Crippen molar-refractivity contribution in [1.29, 1.82) is 0 Å². The van der Waals surface area contributed by atoms with Gasteiger partial charge >= 0.3 is 0 Å². The summed E-state index contributed by atoms with van der Waals surface area (Å²) in [6.45, 7) is 5.83. The Labute approximate surface area is 102 Å². The van der Waals surface area contributed by atoms with E-state index in [1.54, 1.807) is 19.2 Å². The molecule has 0 aliphatic heterocycles. The molecule has 0 unspecified atom stereocenters. The molecule has 90 valence electrons. The normalized spacial score (nSPS) is 8.88. The van der Waals surface area contributed by atoms with E-state index in [4.69, 9.17) is 16.3 Å². The van der Waals surface area contributed by atoms with Gasteiger partial charge in [0.1, 0.15) is 5.75 Å². The second-order valence-corrected chi connectivity index (χ2v) is 3.27. The Kier molecular flexibility index (Phi) is 6.58. The van der Waals surface area contributed by atoms with Crippen molar-refractivity contribution < 1.29 is 9.53 Å². The van der Waals surface area contributed by atoms with Gasteiger partial charge in [0.05, 0.1) is 12.1 Å². The van der Waals surface area contributed by atoms with Crippen LogP contribution in [-0.2, 0) is 0 Å². The predicted molar refractivity (Wildman–Crippen MR) is 67.5 cm³/mol. The van der Waals surface area contributed by atoms with Crippen LogP contribution in [0.4, 0.5) is 0 Å². The monoisotopic (exact) mass is 243 g/mol. The zero-order chi connectivity index (χ0) is 12.7. The van der Waals surface area contributed by atoms with Gasteiger partial charge in [-0.25, -0.2) is 0 Å². The molecule has 0 fully saturated rings. The molecular formula is C12H18ClNO2. The summed E-state index contributed by atoms with van der Waals surface area (Å²) in [5.41, 5.74) is 1.37. The maximum absolute atomic E-state index is 11.3. The molecule has 0 aliphatic rings. The number of hydrogen-bond acceptors (Lipinski definition) is 2. The number of nitrogens with one attached hydrogen (secondary N) is 1. The summed E-state index contributed by atoms with van der Waals surface area (Å²) in [5.74, 6) is 0.369. The van der Waals surface area contributed by atoms with Gasteiger partial charge in [0, 0.05) is 12.6 Å². The van der Waals surface area contributed by atoms with E-state index in [1.807, 2.05) is 20.8 Å². The van der Waals surface area contributed by atoms with Crippen LogP contribution in [0.15, 0.2) is 12.1 Å². The molecule has 16 heavy (non-hydrogen) atoms. The van der Waals surface area contributed by atoms with Crippen molar-refractivity contribution in [1.82, 2.24) is 5.32 Å². The SMILES string of the molecule is CC.CNC(=O)c1cc(C)c(Cl)c(OC)c1. The zero-order valence-electron chi connectivity index (χ0n) is 10.3. The zero-order valence-corrected chi connectivity index (χ0v) is 11.1. The van der Waals surface area contributed by atoms with Gasteiger partial charge < -0.3 is 10.1 Å². The molecule has 0 aliphatic carbocycles. The lowest BCUT2D eigenvalue weighted by Gasteiger charge is -2.08. The number of methoxy groups -OCH3 is 1. The first kappa shape index (κ1) is 14.8. The van der Waals surface area contributed by atoms with Crippen molar-refractivity contribution in [2.75, 3.05) is 14.2 Å². The van der Waals surface area contributed by atoms with Crippen LogP contribution in [0.2, 0.25) is 5.02 Å². The van der Waals surface area contributed by atoms with E-state index in [0.29, 0.717) is 16.3 Å². The number of benzene rings is 1. The van der Waals surface area contributed by atoms with Crippen LogP contribution in [0.3, 0.4) is 0 Å². The molecule has 0 saturated carbocycles. The molecule has 1 rings (SSSR count). The number of carbonyl (C=O) groups is 1. The maximum atomic E-state index is 11.3. The van der Waals surface area contributed by atoms with Crippen molar-refractivity contribution >= 4 is 17.5 Å². The van der Waals surface area contributed by atoms with Crippen LogP contribution in [0.1, 0.15) is 29.8 Å². The molecule has 0 radical (unpaired) electrons. The lowest BCUT2D eigenvalue weighted by atomic mass is 10.1. The lowest BCUT2D eigenvalue weighted by Crippen LogP contribution is -2.17. The van der Waals surface area contributed by atoms with E-state index in [-0.39, 0.29) is 5.91 Å². The molecule has 1 aromatic carbocycles. The summed E-state index contributed by atoms with van der Waals surface area (Å²) in [5, 5.41) is 3.08. The van der Waals surface area contributed by atoms with Gasteiger partial charge in [-0.15, -0.1) is 0 Å². The second kappa shape index (κ2) is 7.12. The molecule has 0 saturated heterocycles. The van der Waals surface area contributed by atoms with Crippen LogP contribution in [0.25, 0.3) is 0 Å². The average molecular weight is 244 g/mol. The lowest BCUT2D eigenvalue weighted by molar-refractivity contribution is 0.0962. The van der Waals surface area contributed by atoms with Crippen LogP contribution < -0.4 is 10.1 Å². The van der Waals surface area contributed by atoms with Crippen LogP contribution in [-0.4, -0.2) is 20.1 Å². The Morgan fingerprint density at radius 2 is 1.94 bits per heavy atom. The first-order valence-electron chi connectivity index (χ1n) is 5.16. The Hall–Kier alpha value is -1.22. The fraction of sp³-hybridized carbons (Fsp3) is 0.417. The molecule has 0 spiro atoms. The number of carbonyl (C=O) groups excluding carboxylic acids is 1. The Morgan fingerprint density at radius 3 is 2.38 bits per heavy atom. The summed E-state index contributed by atoms with van der Waals surface area (Å²) in [6.07, 6.45) is 0. The van der Waals surface area contributed by atoms with Gasteiger partial charge in [0.15, 0.2) is 0 Å². The second-order valence-electron chi connectivity index (χ2n) is 2.89. The van der Waals surface area contributed by atoms with Crippen molar-refractivity contribution in [3.05, 3.63) is 28.3 Å². The van der Waals surface area contributed by atoms with Crippen LogP contribution >= 0.6 is 11.6 Å². The third kappa shape index (κ3) is 3.42. The number of amides is 1. The van der Waals surface area contributed by atoms with Gasteiger partial charge in [-0.1, -0.05) is 25.4 Å². The maximum Gasteiger partial charge on any atom is 0.251 e. The quantitative estimate of drug-likeness (QED) is 0.867. The molecule has 3 nitrogen and oxygen atoms in total. The molecule has 4 heteroatoms. The molecule has 1 amide bonds. The third-order valence-electron chi connectivity index (χ3n) is 1.93. The summed E-state index contributed by atoms with van der Waals surface area (Å²) < 4.78 is 5.05. The topological polar surface area (TPSA) is 38.3 Å². The van der Waals surface area contributed by atoms with Crippen molar-refractivity contribution in [3.8, 4) is 5.75 Å². The fourth-order valence-electron chi connectivity index (χ4n) is 1.16. The predicted octanol–water partition coefficient (Wildman–Crippen LogP) is 3.04. The number of rotatable bonds is 2. The molecule has 0 bridgehead atoms. The van der Waals surface area contributed by atoms with E-state index < -0.39 is 0 Å². The van der Waals surface area contributed by atoms with Crippen molar-refractivity contribution in [2.45, 2.75) is 20.8 Å². The van der Waals surface area contributed by atoms with E-state index in [2.05, 4.69) is 5.32 Å². The van der Waals surface area contributed by atoms with Gasteiger partial charge in [0.25, 0.3) is 5.91 Å². The highest BCUT2D eigenvalue weighted by atomic mass is 35.5. The van der Waals surface area contributed by atoms with Crippen LogP contribution in [0.5, 0.6) is 5.75 Å². The highest BCUT2D eigenvalue weighted by Crippen LogP contribution is 2.29. The van der Waals surface area contributed by atoms with Crippen molar-refractivity contribution in [2.24, 2.45) is 0 Å². The van der Waals surface area contributed by atoms with Crippen LogP contribution in [0, 0.1) is 6.92 Å². The number of ether oxygens (including phenoxy) is 1. The summed E-state index contributed by atoms with van der Waals surface area (Å²) in [7, 11) is 3.10. The van der Waals surface area contributed by atoms with E-state index in [1.165, 1.54) is 7.11 Å². The largest absolute Gasteiger partial charge is 0.495 e. The number of halogens is 1. The smallest absolute Gasteiger partial charge is 0.251 e. The first-order chi connectivity index (χ1) is 7.60. The third-order valence-corrected chi connectivity index (χ3v) is 2.41. The minimum Gasteiger partial charge on any atom is -0.495 e. The molecule has 0 atom stereocenters. The number of hydrogen-bond donors (Lipinski definition) is 1. The van der Waals surface area contributed by atoms with Gasteiger partial charge in [0.2, 0.25) is 0 Å². The molecular weight excluding hydrogens is 226 g/mol. The molecule has 0 aromatic heterocycles. The summed E-state index contributed by atoms with van der Waals surface area (Å²) >= 11 is 5.96. The van der Waals surface area contributed by atoms with E-state index in [0.717, 1.165) is 5.56 Å². The Balaban J connectivity index is 0.00000106. The molecule has 0 heterocycles. The fourth-order valence-corrected chi connectivity index (χ4v) is 1.35. The van der Waals surface area contributed by atoms with Gasteiger partial charge in [-0.2, -0.15) is 0 Å². The van der Waals surface area contributed by atoms with E-state index >= 15 is 0 Å². The summed E-state index contributed by atoms with van der Waals surface area (Å²) in [6, 6.07) is 3.35. The average Bonchev–Trinajstić information content (AvgIpc) is 2.34. The standard InChI is InChI=1S/C10H12ClNO2.C2H6/c1-6-4-7(10(13)12-2)5-8(14-3)9(6)11;1-2/h4-5H,1-3H3,(H,12,13);1-2H3. The highest BCUT2D eigenvalue weighted by molar-refractivity contribution is 6.33. The van der Waals surface area contributed by atoms with Crippen molar-refractivity contribution in [3.63, 3.8) is 0 Å². The van der Waals surface area contributed by atoms with E-state index in [9.17, 15) is 4.79 Å². The first-order valence-corrected chi connectivity index (χ1v) is 5.54. The summed E-state index contributed by atoms with van der Waals surface area (Å²) in [4.78, 5) is 11.3. The Bertz CT molecular complexity index is 364. The Morgan fingerprint density at radius 1 is 1.38 bits per heavy atom. The number of aryl methyl sites for hydroxylation is 1.